The fraction of sp³-hybridized carbons (Fsp3) is 0.304. The topological polar surface area (TPSA) is 91.9 Å². The van der Waals surface area contributed by atoms with Crippen molar-refractivity contribution in [1.29, 1.82) is 0 Å². The van der Waals surface area contributed by atoms with Crippen LogP contribution in [0.5, 0.6) is 0 Å². The average Bonchev–Trinajstić information content (AvgIpc) is 3.51. The summed E-state index contributed by atoms with van der Waals surface area (Å²) in [6.45, 7) is 3.06. The van der Waals surface area contributed by atoms with Gasteiger partial charge in [0.15, 0.2) is 11.5 Å². The second-order valence-electron chi connectivity index (χ2n) is 8.06. The molecule has 0 saturated carbocycles. The monoisotopic (exact) mass is 467 g/mol. The normalized spacial score (nSPS) is 16.2. The molecule has 170 valence electrons. The van der Waals surface area contributed by atoms with Crippen LogP contribution in [-0.4, -0.2) is 74.9 Å². The predicted octanol–water partition coefficient (Wildman–Crippen LogP) is 2.38. The van der Waals surface area contributed by atoms with Crippen molar-refractivity contribution in [1.82, 2.24) is 24.5 Å². The summed E-state index contributed by atoms with van der Waals surface area (Å²) in [6.07, 6.45) is 1.46. The molecule has 0 N–H and O–H groups in total. The van der Waals surface area contributed by atoms with E-state index in [1.165, 1.54) is 6.26 Å². The first-order chi connectivity index (χ1) is 16.0. The van der Waals surface area contributed by atoms with Crippen LogP contribution >= 0.6 is 11.6 Å². The maximum absolute atomic E-state index is 13.0. The Bertz CT molecular complexity index is 1200. The summed E-state index contributed by atoms with van der Waals surface area (Å²) in [5.74, 6) is -0.301. The fourth-order valence-corrected chi connectivity index (χ4v) is 4.39. The number of hydrogen-bond donors (Lipinski definition) is 0. The number of piperazine rings is 1. The Balaban J connectivity index is 1.23. The molecule has 0 atom stereocenters. The molecule has 0 radical (unpaired) electrons. The van der Waals surface area contributed by atoms with Gasteiger partial charge < -0.3 is 19.1 Å². The molecule has 3 amide bonds. The van der Waals surface area contributed by atoms with Crippen molar-refractivity contribution in [3.05, 3.63) is 76.5 Å². The number of fused-ring (bicyclic) bond motifs is 1. The largest absolute Gasteiger partial charge is 0.459 e. The Morgan fingerprint density at radius 1 is 0.939 bits per heavy atom. The SMILES string of the molecule is O=C(c1cc2n(n1)CCN(Cc1cccc(Cl)c1)C2=O)N1CCN(C(=O)c2ccco2)CC1. The van der Waals surface area contributed by atoms with Crippen molar-refractivity contribution in [3.63, 3.8) is 0 Å². The first kappa shape index (κ1) is 21.3. The van der Waals surface area contributed by atoms with E-state index in [4.69, 9.17) is 16.0 Å². The smallest absolute Gasteiger partial charge is 0.289 e. The van der Waals surface area contributed by atoms with Gasteiger partial charge in [0.2, 0.25) is 0 Å². The summed E-state index contributed by atoms with van der Waals surface area (Å²) >= 11 is 6.06. The lowest BCUT2D eigenvalue weighted by atomic mass is 10.2. The second-order valence-corrected chi connectivity index (χ2v) is 8.49. The molecular weight excluding hydrogens is 446 g/mol. The van der Waals surface area contributed by atoms with E-state index in [9.17, 15) is 14.4 Å². The number of nitrogens with zero attached hydrogens (tertiary/aromatic N) is 5. The number of halogens is 1. The maximum atomic E-state index is 13.0. The number of amides is 3. The molecule has 10 heteroatoms. The predicted molar refractivity (Wildman–Crippen MR) is 119 cm³/mol. The van der Waals surface area contributed by atoms with E-state index in [1.54, 1.807) is 43.6 Å². The van der Waals surface area contributed by atoms with Crippen LogP contribution in [0.3, 0.4) is 0 Å². The Morgan fingerprint density at radius 2 is 1.70 bits per heavy atom. The van der Waals surface area contributed by atoms with Crippen LogP contribution in [0.4, 0.5) is 0 Å². The molecule has 2 aromatic heterocycles. The molecule has 0 spiro atoms. The van der Waals surface area contributed by atoms with Gasteiger partial charge in [-0.05, 0) is 29.8 Å². The minimum Gasteiger partial charge on any atom is -0.459 e. The number of aromatic nitrogens is 2. The van der Waals surface area contributed by atoms with Gasteiger partial charge in [-0.1, -0.05) is 23.7 Å². The second kappa shape index (κ2) is 8.74. The van der Waals surface area contributed by atoms with E-state index in [2.05, 4.69) is 5.10 Å². The lowest BCUT2D eigenvalue weighted by molar-refractivity contribution is 0.0514. The van der Waals surface area contributed by atoms with E-state index < -0.39 is 0 Å². The molecule has 0 bridgehead atoms. The molecule has 33 heavy (non-hydrogen) atoms. The number of hydrogen-bond acceptors (Lipinski definition) is 5. The van der Waals surface area contributed by atoms with Gasteiger partial charge in [0, 0.05) is 50.4 Å². The Morgan fingerprint density at radius 3 is 2.39 bits per heavy atom. The summed E-state index contributed by atoms with van der Waals surface area (Å²) in [5, 5.41) is 5.01. The molecule has 1 aromatic carbocycles. The van der Waals surface area contributed by atoms with Crippen LogP contribution in [0.25, 0.3) is 0 Å². The summed E-state index contributed by atoms with van der Waals surface area (Å²) in [6, 6.07) is 12.3. The minimum absolute atomic E-state index is 0.165. The zero-order valence-electron chi connectivity index (χ0n) is 17.8. The molecule has 2 aliphatic rings. The van der Waals surface area contributed by atoms with E-state index in [0.29, 0.717) is 56.5 Å². The Hall–Kier alpha value is -3.59. The van der Waals surface area contributed by atoms with Crippen molar-refractivity contribution < 1.29 is 18.8 Å². The van der Waals surface area contributed by atoms with E-state index >= 15 is 0 Å². The van der Waals surface area contributed by atoms with Gasteiger partial charge in [-0.25, -0.2) is 0 Å². The van der Waals surface area contributed by atoms with Gasteiger partial charge in [-0.15, -0.1) is 0 Å². The van der Waals surface area contributed by atoms with Crippen LogP contribution < -0.4 is 0 Å². The van der Waals surface area contributed by atoms with Crippen LogP contribution in [0.1, 0.15) is 37.1 Å². The zero-order valence-corrected chi connectivity index (χ0v) is 18.6. The zero-order chi connectivity index (χ0) is 22.9. The first-order valence-corrected chi connectivity index (χ1v) is 11.1. The lowest BCUT2D eigenvalue weighted by Gasteiger charge is -2.33. The van der Waals surface area contributed by atoms with Crippen molar-refractivity contribution in [3.8, 4) is 0 Å². The van der Waals surface area contributed by atoms with Crippen LogP contribution in [0.15, 0.2) is 53.1 Å². The van der Waals surface area contributed by atoms with Gasteiger partial charge in [0.05, 0.1) is 12.8 Å². The van der Waals surface area contributed by atoms with Gasteiger partial charge in [-0.2, -0.15) is 5.10 Å². The third-order valence-electron chi connectivity index (χ3n) is 5.94. The highest BCUT2D eigenvalue weighted by molar-refractivity contribution is 6.30. The standard InChI is InChI=1S/C23H22ClN5O4/c24-17-4-1-3-16(13-17)15-28-10-11-29-19(22(28)31)14-18(25-29)21(30)26-6-8-27(9-7-26)23(32)20-5-2-12-33-20/h1-5,12-14H,6-11,15H2. The quantitative estimate of drug-likeness (QED) is 0.587. The van der Waals surface area contributed by atoms with Gasteiger partial charge in [0.25, 0.3) is 17.7 Å². The molecule has 3 aromatic rings. The third kappa shape index (κ3) is 4.23. The Labute approximate surface area is 195 Å². The molecule has 1 saturated heterocycles. The van der Waals surface area contributed by atoms with Crippen molar-refractivity contribution >= 4 is 29.3 Å². The number of carbonyl (C=O) groups excluding carboxylic acids is 3. The molecule has 9 nitrogen and oxygen atoms in total. The van der Waals surface area contributed by atoms with Gasteiger partial charge >= 0.3 is 0 Å². The van der Waals surface area contributed by atoms with E-state index in [-0.39, 0.29) is 29.2 Å². The molecule has 0 aliphatic carbocycles. The number of rotatable bonds is 4. The molecule has 0 unspecified atom stereocenters. The van der Waals surface area contributed by atoms with E-state index in [1.807, 2.05) is 18.2 Å². The van der Waals surface area contributed by atoms with E-state index in [0.717, 1.165) is 5.56 Å². The summed E-state index contributed by atoms with van der Waals surface area (Å²) in [5.41, 5.74) is 1.59. The van der Waals surface area contributed by atoms with Crippen molar-refractivity contribution in [2.24, 2.45) is 0 Å². The molecule has 1 fully saturated rings. The van der Waals surface area contributed by atoms with Crippen molar-refractivity contribution in [2.75, 3.05) is 32.7 Å². The number of carbonyl (C=O) groups is 3. The fourth-order valence-electron chi connectivity index (χ4n) is 4.18. The summed E-state index contributed by atoms with van der Waals surface area (Å²) < 4.78 is 6.77. The first-order valence-electron chi connectivity index (χ1n) is 10.7. The van der Waals surface area contributed by atoms with Gasteiger partial charge in [0.1, 0.15) is 5.69 Å². The lowest BCUT2D eigenvalue weighted by Crippen LogP contribution is -2.50. The average molecular weight is 468 g/mol. The highest BCUT2D eigenvalue weighted by Crippen LogP contribution is 2.20. The Kier molecular flexibility index (Phi) is 5.63. The van der Waals surface area contributed by atoms with Crippen LogP contribution in [0, 0.1) is 0 Å². The number of benzene rings is 1. The van der Waals surface area contributed by atoms with Crippen LogP contribution in [-0.2, 0) is 13.1 Å². The van der Waals surface area contributed by atoms with Gasteiger partial charge in [-0.3, -0.25) is 19.1 Å². The number of furan rings is 1. The summed E-state index contributed by atoms with van der Waals surface area (Å²) in [4.78, 5) is 43.5. The molecule has 2 aliphatic heterocycles. The van der Waals surface area contributed by atoms with Crippen LogP contribution in [0.2, 0.25) is 5.02 Å². The highest BCUT2D eigenvalue weighted by Gasteiger charge is 2.31. The maximum Gasteiger partial charge on any atom is 0.289 e. The molecular formula is C23H22ClN5O4. The minimum atomic E-state index is -0.240. The van der Waals surface area contributed by atoms with Crippen molar-refractivity contribution in [2.45, 2.75) is 13.1 Å². The third-order valence-corrected chi connectivity index (χ3v) is 6.17. The highest BCUT2D eigenvalue weighted by atomic mass is 35.5. The summed E-state index contributed by atoms with van der Waals surface area (Å²) in [7, 11) is 0. The molecule has 5 rings (SSSR count). The molecule has 4 heterocycles.